The Kier molecular flexibility index (Phi) is 6.56. The van der Waals surface area contributed by atoms with Crippen molar-refractivity contribution in [1.82, 2.24) is 5.32 Å². The van der Waals surface area contributed by atoms with Crippen molar-refractivity contribution < 1.29 is 0 Å². The molecule has 0 aromatic heterocycles. The first kappa shape index (κ1) is 23.7. The van der Waals surface area contributed by atoms with Crippen molar-refractivity contribution in [3.8, 4) is 0 Å². The number of rotatable bonds is 3. The molecule has 34 heavy (non-hydrogen) atoms. The fraction of sp³-hybridized carbons (Fsp3) is 0.290. The summed E-state index contributed by atoms with van der Waals surface area (Å²) in [4.78, 5) is 4.95. The Balaban J connectivity index is 2.04. The number of aryl methyl sites for hydroxylation is 6. The maximum absolute atomic E-state index is 3.53. The molecular formula is C31H37N3. The summed E-state index contributed by atoms with van der Waals surface area (Å²) in [5.74, 6) is 1.17. The molecule has 0 aliphatic carbocycles. The van der Waals surface area contributed by atoms with Crippen LogP contribution in [0.5, 0.6) is 0 Å². The Bertz CT molecular complexity index is 1230. The summed E-state index contributed by atoms with van der Waals surface area (Å²) in [6.45, 7) is 18.4. The van der Waals surface area contributed by atoms with Crippen LogP contribution < -0.4 is 15.1 Å². The Hall–Kier alpha value is -3.46. The van der Waals surface area contributed by atoms with Crippen molar-refractivity contribution in [2.75, 3.05) is 16.3 Å². The Morgan fingerprint density at radius 1 is 0.794 bits per heavy atom. The van der Waals surface area contributed by atoms with Crippen molar-refractivity contribution in [2.24, 2.45) is 0 Å². The first-order chi connectivity index (χ1) is 16.2. The average Bonchev–Trinajstić information content (AvgIpc) is 3.10. The van der Waals surface area contributed by atoms with Crippen LogP contribution in [0.4, 0.5) is 11.4 Å². The van der Waals surface area contributed by atoms with Crippen LogP contribution in [0.3, 0.4) is 0 Å². The van der Waals surface area contributed by atoms with Crippen molar-refractivity contribution in [2.45, 2.75) is 55.4 Å². The van der Waals surface area contributed by atoms with Gasteiger partial charge in [-0.1, -0.05) is 53.1 Å². The van der Waals surface area contributed by atoms with Gasteiger partial charge in [-0.15, -0.1) is 0 Å². The van der Waals surface area contributed by atoms with Crippen LogP contribution in [0.1, 0.15) is 47.2 Å². The number of anilines is 2. The zero-order chi connectivity index (χ0) is 24.6. The van der Waals surface area contributed by atoms with E-state index < -0.39 is 0 Å². The number of nitrogens with one attached hydrogen (secondary N) is 1. The third kappa shape index (κ3) is 4.48. The largest absolute Gasteiger partial charge is 0.359 e. The summed E-state index contributed by atoms with van der Waals surface area (Å²) in [6.07, 6.45) is 12.9. The molecule has 2 aromatic rings. The highest BCUT2D eigenvalue weighted by Gasteiger charge is 2.36. The van der Waals surface area contributed by atoms with Gasteiger partial charge in [-0.25, -0.2) is 0 Å². The van der Waals surface area contributed by atoms with E-state index in [1.165, 1.54) is 61.8 Å². The molecule has 1 saturated heterocycles. The van der Waals surface area contributed by atoms with Crippen LogP contribution in [-0.2, 0) is 0 Å². The molecule has 0 amide bonds. The first-order valence-corrected chi connectivity index (χ1v) is 12.1. The molecule has 0 bridgehead atoms. The lowest BCUT2D eigenvalue weighted by atomic mass is 10.0. The van der Waals surface area contributed by atoms with Gasteiger partial charge < -0.3 is 10.2 Å². The Morgan fingerprint density at radius 2 is 1.35 bits per heavy atom. The third-order valence-corrected chi connectivity index (χ3v) is 6.40. The van der Waals surface area contributed by atoms with Crippen molar-refractivity contribution in [1.29, 1.82) is 0 Å². The van der Waals surface area contributed by atoms with Gasteiger partial charge in [-0.3, -0.25) is 4.90 Å². The summed E-state index contributed by atoms with van der Waals surface area (Å²) < 4.78 is 0. The van der Waals surface area contributed by atoms with E-state index in [4.69, 9.17) is 0 Å². The Morgan fingerprint density at radius 3 is 1.85 bits per heavy atom. The van der Waals surface area contributed by atoms with E-state index >= 15 is 0 Å². The molecule has 0 spiro atoms. The van der Waals surface area contributed by atoms with Gasteiger partial charge in [0.1, 0.15) is 5.82 Å². The molecule has 2 aromatic carbocycles. The van der Waals surface area contributed by atoms with Gasteiger partial charge in [0.15, 0.2) is 0 Å². The minimum Gasteiger partial charge on any atom is -0.359 e. The van der Waals surface area contributed by atoms with E-state index in [1.54, 1.807) is 0 Å². The molecule has 3 nitrogen and oxygen atoms in total. The van der Waals surface area contributed by atoms with Crippen LogP contribution in [0.2, 0.25) is 0 Å². The van der Waals surface area contributed by atoms with E-state index in [9.17, 15) is 0 Å². The van der Waals surface area contributed by atoms with Crippen LogP contribution >= 0.6 is 0 Å². The molecule has 0 unspecified atom stereocenters. The predicted octanol–water partition coefficient (Wildman–Crippen LogP) is 7.56. The molecule has 0 atom stereocenters. The van der Waals surface area contributed by atoms with Crippen molar-refractivity contribution in [3.63, 3.8) is 0 Å². The highest BCUT2D eigenvalue weighted by atomic mass is 15.4. The predicted molar refractivity (Wildman–Crippen MR) is 147 cm³/mol. The molecular weight excluding hydrogens is 414 g/mol. The summed E-state index contributed by atoms with van der Waals surface area (Å²) in [5, 5.41) is 3.53. The van der Waals surface area contributed by atoms with E-state index in [0.29, 0.717) is 0 Å². The summed E-state index contributed by atoms with van der Waals surface area (Å²) in [6, 6.07) is 9.16. The lowest BCUT2D eigenvalue weighted by Gasteiger charge is -2.31. The third-order valence-electron chi connectivity index (χ3n) is 6.40. The van der Waals surface area contributed by atoms with Gasteiger partial charge in [0.05, 0.1) is 17.9 Å². The van der Waals surface area contributed by atoms with E-state index in [1.807, 2.05) is 12.3 Å². The van der Waals surface area contributed by atoms with Gasteiger partial charge in [0.2, 0.25) is 0 Å². The highest BCUT2D eigenvalue weighted by Crippen LogP contribution is 2.43. The molecule has 0 radical (unpaired) electrons. The average molecular weight is 452 g/mol. The zero-order valence-electron chi connectivity index (χ0n) is 21.9. The topological polar surface area (TPSA) is 18.5 Å². The fourth-order valence-electron chi connectivity index (χ4n) is 5.31. The van der Waals surface area contributed by atoms with Crippen molar-refractivity contribution in [3.05, 3.63) is 117 Å². The van der Waals surface area contributed by atoms with E-state index in [0.717, 1.165) is 12.2 Å². The first-order valence-electron chi connectivity index (χ1n) is 12.1. The zero-order valence-corrected chi connectivity index (χ0v) is 21.9. The van der Waals surface area contributed by atoms with E-state index in [-0.39, 0.29) is 0 Å². The second kappa shape index (κ2) is 9.42. The molecule has 2 heterocycles. The van der Waals surface area contributed by atoms with Gasteiger partial charge in [-0.2, -0.15) is 0 Å². The molecule has 1 fully saturated rings. The normalized spacial score (nSPS) is 18.6. The summed E-state index contributed by atoms with van der Waals surface area (Å²) in [5.41, 5.74) is 14.0. The molecule has 2 aliphatic rings. The highest BCUT2D eigenvalue weighted by molar-refractivity contribution is 5.78. The number of benzene rings is 2. The minimum absolute atomic E-state index is 0.805. The molecule has 1 N–H and O–H groups in total. The van der Waals surface area contributed by atoms with Crippen LogP contribution in [-0.4, -0.2) is 6.54 Å². The standard InChI is InChI=1S/C31H37N3/c1-20(2)12-13-27-19-33(29-23(5)15-21(3)16-24(29)6)31(28-11-9-10-14-32-28)34(27)30-25(7)17-22(4)18-26(30)8/h9-18,32H,19H2,1-8H3. The summed E-state index contributed by atoms with van der Waals surface area (Å²) in [7, 11) is 0. The molecule has 176 valence electrons. The van der Waals surface area contributed by atoms with Gasteiger partial charge in [0.25, 0.3) is 0 Å². The quantitative estimate of drug-likeness (QED) is 0.519. The Labute approximate surface area is 205 Å². The molecule has 3 heteroatoms. The molecule has 4 rings (SSSR count). The second-order valence-corrected chi connectivity index (χ2v) is 9.92. The monoisotopic (exact) mass is 451 g/mol. The maximum Gasteiger partial charge on any atom is 0.142 e. The lowest BCUT2D eigenvalue weighted by Crippen LogP contribution is -2.29. The fourth-order valence-corrected chi connectivity index (χ4v) is 5.31. The maximum atomic E-state index is 3.53. The number of hydrogen-bond acceptors (Lipinski definition) is 3. The number of nitrogens with zero attached hydrogens (tertiary/aromatic N) is 2. The number of dihydropyridines is 1. The van der Waals surface area contributed by atoms with Crippen LogP contribution in [0.25, 0.3) is 0 Å². The van der Waals surface area contributed by atoms with Crippen LogP contribution in [0.15, 0.2) is 83.6 Å². The lowest BCUT2D eigenvalue weighted by molar-refractivity contribution is 0.966. The number of hydrogen-bond donors (Lipinski definition) is 1. The van der Waals surface area contributed by atoms with Gasteiger partial charge in [0, 0.05) is 17.6 Å². The van der Waals surface area contributed by atoms with Gasteiger partial charge >= 0.3 is 0 Å². The van der Waals surface area contributed by atoms with Crippen LogP contribution in [0, 0.1) is 41.5 Å². The molecule has 0 saturated carbocycles. The SMILES string of the molecule is CC(C)=CC=C1CN(c2c(C)cc(C)cc2C)C(=C2C=CC=CN2)N1c1c(C)cc(C)cc1C. The smallest absolute Gasteiger partial charge is 0.142 e. The van der Waals surface area contributed by atoms with E-state index in [2.05, 4.69) is 119 Å². The second-order valence-electron chi connectivity index (χ2n) is 9.92. The summed E-state index contributed by atoms with van der Waals surface area (Å²) >= 11 is 0. The van der Waals surface area contributed by atoms with Crippen molar-refractivity contribution >= 4 is 11.4 Å². The van der Waals surface area contributed by atoms with Gasteiger partial charge in [-0.05, 0) is 95.9 Å². The molecule has 2 aliphatic heterocycles. The number of allylic oxidation sites excluding steroid dienone is 6. The minimum atomic E-state index is 0.805.